The Bertz CT molecular complexity index is 928. The zero-order chi connectivity index (χ0) is 19.2. The van der Waals surface area contributed by atoms with E-state index in [1.54, 1.807) is 0 Å². The highest BCUT2D eigenvalue weighted by atomic mass is 35.5. The molecular weight excluding hydrogens is 400 g/mol. The van der Waals surface area contributed by atoms with Crippen LogP contribution in [-0.2, 0) is 11.3 Å². The number of thioether (sulfide) groups is 1. The predicted molar refractivity (Wildman–Crippen MR) is 113 cm³/mol. The highest BCUT2D eigenvalue weighted by Crippen LogP contribution is 2.29. The quantitative estimate of drug-likeness (QED) is 0.531. The lowest BCUT2D eigenvalue weighted by molar-refractivity contribution is -0.118. The molecule has 0 aliphatic carbocycles. The maximum atomic E-state index is 12.0. The Hall–Kier alpha value is -2.09. The number of nitrogens with one attached hydrogen (secondary N) is 2. The van der Waals surface area contributed by atoms with Crippen LogP contribution in [-0.4, -0.2) is 21.9 Å². The number of halogens is 1. The molecule has 0 aliphatic heterocycles. The van der Waals surface area contributed by atoms with Gasteiger partial charge >= 0.3 is 0 Å². The van der Waals surface area contributed by atoms with E-state index in [9.17, 15) is 4.79 Å². The average Bonchev–Trinajstić information content (AvgIpc) is 3.11. The summed E-state index contributed by atoms with van der Waals surface area (Å²) < 4.78 is 0.754. The third kappa shape index (κ3) is 5.69. The van der Waals surface area contributed by atoms with Gasteiger partial charge in [-0.05, 0) is 48.7 Å². The summed E-state index contributed by atoms with van der Waals surface area (Å²) in [5.74, 6) is 0.250. The van der Waals surface area contributed by atoms with Gasteiger partial charge in [0.15, 0.2) is 4.34 Å². The largest absolute Gasteiger partial charge is 0.351 e. The van der Waals surface area contributed by atoms with Crippen LogP contribution in [0.25, 0.3) is 0 Å². The van der Waals surface area contributed by atoms with Gasteiger partial charge in [-0.3, -0.25) is 4.79 Å². The third-order valence-corrected chi connectivity index (χ3v) is 6.21. The van der Waals surface area contributed by atoms with Gasteiger partial charge in [0.25, 0.3) is 0 Å². The molecule has 1 heterocycles. The smallest absolute Gasteiger partial charge is 0.230 e. The van der Waals surface area contributed by atoms with Crippen molar-refractivity contribution in [2.45, 2.75) is 24.7 Å². The number of nitrogens with zero attached hydrogens (tertiary/aromatic N) is 2. The second kappa shape index (κ2) is 9.21. The van der Waals surface area contributed by atoms with Crippen molar-refractivity contribution in [1.29, 1.82) is 0 Å². The summed E-state index contributed by atoms with van der Waals surface area (Å²) in [6.45, 7) is 4.62. The molecule has 0 saturated carbocycles. The summed E-state index contributed by atoms with van der Waals surface area (Å²) in [6, 6.07) is 13.5. The number of benzene rings is 2. The summed E-state index contributed by atoms with van der Waals surface area (Å²) in [4.78, 5) is 12.0. The van der Waals surface area contributed by atoms with Gasteiger partial charge in [-0.2, -0.15) is 0 Å². The van der Waals surface area contributed by atoms with Gasteiger partial charge in [-0.1, -0.05) is 59.0 Å². The van der Waals surface area contributed by atoms with Crippen LogP contribution in [0.1, 0.15) is 16.7 Å². The fourth-order valence-electron chi connectivity index (χ4n) is 2.30. The Labute approximate surface area is 171 Å². The van der Waals surface area contributed by atoms with E-state index in [1.165, 1.54) is 34.2 Å². The van der Waals surface area contributed by atoms with Crippen molar-refractivity contribution < 1.29 is 4.79 Å². The minimum absolute atomic E-state index is 0.0470. The van der Waals surface area contributed by atoms with E-state index in [1.807, 2.05) is 36.4 Å². The highest BCUT2D eigenvalue weighted by Gasteiger charge is 2.09. The fourth-order valence-corrected chi connectivity index (χ4v) is 4.02. The van der Waals surface area contributed by atoms with Crippen LogP contribution in [0.4, 0.5) is 10.8 Å². The van der Waals surface area contributed by atoms with E-state index in [2.05, 4.69) is 40.7 Å². The number of hydrogen-bond acceptors (Lipinski definition) is 6. The number of rotatable bonds is 7. The van der Waals surface area contributed by atoms with E-state index in [0.717, 1.165) is 15.6 Å². The van der Waals surface area contributed by atoms with Crippen LogP contribution in [0.2, 0.25) is 5.02 Å². The summed E-state index contributed by atoms with van der Waals surface area (Å²) in [5.41, 5.74) is 4.43. The Balaban J connectivity index is 1.48. The average molecular weight is 419 g/mol. The van der Waals surface area contributed by atoms with Crippen molar-refractivity contribution in [3.8, 4) is 0 Å². The topological polar surface area (TPSA) is 66.9 Å². The fraction of sp³-hybridized carbons (Fsp3) is 0.211. The minimum Gasteiger partial charge on any atom is -0.351 e. The van der Waals surface area contributed by atoms with Gasteiger partial charge in [0.1, 0.15) is 0 Å². The molecule has 0 saturated heterocycles. The summed E-state index contributed by atoms with van der Waals surface area (Å²) in [7, 11) is 0. The Morgan fingerprint density at radius 1 is 1.15 bits per heavy atom. The zero-order valence-corrected chi connectivity index (χ0v) is 17.3. The molecule has 3 rings (SSSR count). The first-order valence-corrected chi connectivity index (χ1v) is 10.5. The van der Waals surface area contributed by atoms with E-state index >= 15 is 0 Å². The molecule has 0 radical (unpaired) electrons. The molecule has 8 heteroatoms. The Morgan fingerprint density at radius 2 is 1.93 bits per heavy atom. The van der Waals surface area contributed by atoms with Crippen molar-refractivity contribution in [1.82, 2.24) is 15.5 Å². The molecule has 0 atom stereocenters. The van der Waals surface area contributed by atoms with Crippen LogP contribution in [0, 0.1) is 13.8 Å². The van der Waals surface area contributed by atoms with Crippen molar-refractivity contribution in [3.05, 3.63) is 64.2 Å². The van der Waals surface area contributed by atoms with Crippen LogP contribution in [0.5, 0.6) is 0 Å². The SMILES string of the molecule is Cc1cccc(Nc2nnc(SCC(=O)NCc3ccc(Cl)cc3)s2)c1C. The molecule has 3 aromatic rings. The number of aryl methyl sites for hydroxylation is 1. The molecule has 27 heavy (non-hydrogen) atoms. The zero-order valence-electron chi connectivity index (χ0n) is 15.0. The first kappa shape index (κ1) is 19.7. The second-order valence-electron chi connectivity index (χ2n) is 5.94. The molecule has 0 fully saturated rings. The molecular formula is C19H19ClN4OS2. The van der Waals surface area contributed by atoms with Crippen molar-refractivity contribution >= 4 is 51.4 Å². The highest BCUT2D eigenvalue weighted by molar-refractivity contribution is 8.01. The van der Waals surface area contributed by atoms with E-state index in [0.29, 0.717) is 22.5 Å². The van der Waals surface area contributed by atoms with Gasteiger partial charge in [-0.25, -0.2) is 0 Å². The first-order valence-electron chi connectivity index (χ1n) is 8.32. The molecule has 0 spiro atoms. The van der Waals surface area contributed by atoms with E-state index < -0.39 is 0 Å². The molecule has 2 N–H and O–H groups in total. The lowest BCUT2D eigenvalue weighted by Crippen LogP contribution is -2.24. The Morgan fingerprint density at radius 3 is 2.70 bits per heavy atom. The molecule has 0 aliphatic rings. The van der Waals surface area contributed by atoms with Gasteiger partial charge in [0.05, 0.1) is 5.75 Å². The Kier molecular flexibility index (Phi) is 6.71. The maximum absolute atomic E-state index is 12.0. The summed E-state index contributed by atoms with van der Waals surface area (Å²) >= 11 is 8.67. The third-order valence-electron chi connectivity index (χ3n) is 3.98. The number of carbonyl (C=O) groups excluding carboxylic acids is 1. The van der Waals surface area contributed by atoms with E-state index in [-0.39, 0.29) is 5.91 Å². The van der Waals surface area contributed by atoms with Crippen LogP contribution < -0.4 is 10.6 Å². The summed E-state index contributed by atoms with van der Waals surface area (Å²) in [6.07, 6.45) is 0. The van der Waals surface area contributed by atoms with Crippen molar-refractivity contribution in [2.75, 3.05) is 11.1 Å². The lowest BCUT2D eigenvalue weighted by atomic mass is 10.1. The van der Waals surface area contributed by atoms with Gasteiger partial charge in [0.2, 0.25) is 11.0 Å². The molecule has 1 amide bonds. The van der Waals surface area contributed by atoms with E-state index in [4.69, 9.17) is 11.6 Å². The van der Waals surface area contributed by atoms with Crippen LogP contribution in [0.15, 0.2) is 46.8 Å². The normalized spacial score (nSPS) is 10.6. The van der Waals surface area contributed by atoms with Crippen LogP contribution >= 0.6 is 34.7 Å². The van der Waals surface area contributed by atoms with Gasteiger partial charge in [0, 0.05) is 17.3 Å². The second-order valence-corrected chi connectivity index (χ2v) is 8.57. The molecule has 2 aromatic carbocycles. The number of amides is 1. The number of carbonyl (C=O) groups is 1. The van der Waals surface area contributed by atoms with Crippen molar-refractivity contribution in [3.63, 3.8) is 0 Å². The van der Waals surface area contributed by atoms with Gasteiger partial charge in [-0.15, -0.1) is 10.2 Å². The monoisotopic (exact) mass is 418 g/mol. The van der Waals surface area contributed by atoms with Crippen molar-refractivity contribution in [2.24, 2.45) is 0 Å². The number of hydrogen-bond donors (Lipinski definition) is 2. The predicted octanol–water partition coefficient (Wildman–Crippen LogP) is 4.96. The first-order chi connectivity index (χ1) is 13.0. The number of anilines is 2. The maximum Gasteiger partial charge on any atom is 0.230 e. The molecule has 5 nitrogen and oxygen atoms in total. The van der Waals surface area contributed by atoms with Crippen LogP contribution in [0.3, 0.4) is 0 Å². The lowest BCUT2D eigenvalue weighted by Gasteiger charge is -2.08. The molecule has 1 aromatic heterocycles. The molecule has 140 valence electrons. The number of aromatic nitrogens is 2. The van der Waals surface area contributed by atoms with Gasteiger partial charge < -0.3 is 10.6 Å². The molecule has 0 unspecified atom stereocenters. The molecule has 0 bridgehead atoms. The summed E-state index contributed by atoms with van der Waals surface area (Å²) in [5, 5.41) is 15.9. The minimum atomic E-state index is -0.0470. The standard InChI is InChI=1S/C19H19ClN4OS2/c1-12-4-3-5-16(13(12)2)22-18-23-24-19(27-18)26-11-17(25)21-10-14-6-8-15(20)9-7-14/h3-9H,10-11H2,1-2H3,(H,21,25)(H,22,23).